The molecule has 0 radical (unpaired) electrons. The minimum atomic E-state index is 0.139. The molecule has 5 nitrogen and oxygen atoms in total. The average Bonchev–Trinajstić information content (AvgIpc) is 3.57. The molecule has 0 aliphatic carbocycles. The molecule has 0 saturated carbocycles. The first-order valence-corrected chi connectivity index (χ1v) is 23.4. The highest BCUT2D eigenvalue weighted by Gasteiger charge is 2.34. The van der Waals surface area contributed by atoms with Crippen molar-refractivity contribution in [3.63, 3.8) is 0 Å². The van der Waals surface area contributed by atoms with Gasteiger partial charge in [-0.3, -0.25) is 4.79 Å². The first-order valence-electron chi connectivity index (χ1n) is 23.4. The fraction of sp³-hybridized carbons (Fsp3) is 0.942. The maximum atomic E-state index is 11.1. The van der Waals surface area contributed by atoms with E-state index in [2.05, 4.69) is 196 Å². The molecule has 2 heterocycles. The van der Waals surface area contributed by atoms with Crippen molar-refractivity contribution in [3.05, 3.63) is 11.8 Å². The molecule has 346 valence electrons. The Kier molecular flexibility index (Phi) is 35.8. The lowest BCUT2D eigenvalue weighted by molar-refractivity contribution is -0.125. The molecule has 1 aliphatic rings. The van der Waals surface area contributed by atoms with Gasteiger partial charge in [-0.15, -0.1) is 10.2 Å². The van der Waals surface area contributed by atoms with Crippen molar-refractivity contribution >= 4 is 5.91 Å². The van der Waals surface area contributed by atoms with Crippen molar-refractivity contribution in [1.82, 2.24) is 15.5 Å². The fourth-order valence-electron chi connectivity index (χ4n) is 5.99. The Morgan fingerprint density at radius 1 is 0.509 bits per heavy atom. The molecule has 57 heavy (non-hydrogen) atoms. The van der Waals surface area contributed by atoms with Crippen LogP contribution in [0.1, 0.15) is 269 Å². The molecule has 0 aromatic carbocycles. The molecule has 1 atom stereocenters. The lowest BCUT2D eigenvalue weighted by Crippen LogP contribution is -2.28. The second kappa shape index (κ2) is 31.5. The number of unbranched alkanes of at least 4 members (excludes halogenated alkanes) is 1. The number of aryl methyl sites for hydroxylation is 1. The lowest BCUT2D eigenvalue weighted by atomic mass is 9.80. The van der Waals surface area contributed by atoms with E-state index < -0.39 is 0 Å². The Hall–Kier alpha value is -1.39. The van der Waals surface area contributed by atoms with Crippen LogP contribution in [0.5, 0.6) is 0 Å². The Bertz CT molecular complexity index is 972. The number of hydrogen-bond donors (Lipinski definition) is 1. The third kappa shape index (κ3) is 61.4. The van der Waals surface area contributed by atoms with E-state index >= 15 is 0 Å². The number of hydrogen-bond acceptors (Lipinski definition) is 4. The van der Waals surface area contributed by atoms with Gasteiger partial charge in [-0.25, -0.2) is 0 Å². The van der Waals surface area contributed by atoms with Gasteiger partial charge in [0.2, 0.25) is 17.7 Å². The maximum absolute atomic E-state index is 11.1. The number of nitrogens with one attached hydrogen (secondary N) is 1. The predicted molar refractivity (Wildman–Crippen MR) is 259 cm³/mol. The zero-order chi connectivity index (χ0) is 46.5. The molecule has 0 spiro atoms. The average molecular weight is 810 g/mol. The summed E-state index contributed by atoms with van der Waals surface area (Å²) in [5.74, 6) is 1.83. The minimum absolute atomic E-state index is 0.139. The number of nitrogens with zero attached hydrogens (tertiary/aromatic N) is 2. The maximum Gasteiger partial charge on any atom is 0.223 e. The molecule has 2 rings (SSSR count). The summed E-state index contributed by atoms with van der Waals surface area (Å²) >= 11 is 0. The van der Waals surface area contributed by atoms with E-state index in [4.69, 9.17) is 4.42 Å². The summed E-state index contributed by atoms with van der Waals surface area (Å²) in [6.07, 6.45) is 16.5. The van der Waals surface area contributed by atoms with Crippen molar-refractivity contribution in [2.75, 3.05) is 6.54 Å². The summed E-state index contributed by atoms with van der Waals surface area (Å²) in [6, 6.07) is 0. The van der Waals surface area contributed by atoms with Crippen LogP contribution in [0.4, 0.5) is 0 Å². The van der Waals surface area contributed by atoms with Gasteiger partial charge in [0.25, 0.3) is 0 Å². The largest absolute Gasteiger partial charge is 0.426 e. The Morgan fingerprint density at radius 2 is 0.842 bits per heavy atom. The third-order valence-electron chi connectivity index (χ3n) is 8.62. The summed E-state index contributed by atoms with van der Waals surface area (Å²) in [5, 5.41) is 10.5. The normalized spacial score (nSPS) is 14.6. The standard InChI is InChI=1S/C8H14N2O.C8H15NO.C8H18.4C7H16/c1-6-9-10-7(11-6)5-8(2,3)4;1-8(2,3)6-4-5-9-7(6)10;1-5-6-7-8(2,3)4;4*1-5-6-7(2,3)4/h5H2,1-4H3;6H,4-5H2,1-3H3,(H,9,10);5-7H2,1-4H3;4*5-6H2,1-4H3. The zero-order valence-electron chi connectivity index (χ0n) is 44.7. The predicted octanol–water partition coefficient (Wildman–Crippen LogP) is 17.7. The van der Waals surface area contributed by atoms with Crippen molar-refractivity contribution in [1.29, 1.82) is 0 Å². The van der Waals surface area contributed by atoms with Crippen molar-refractivity contribution in [3.8, 4) is 0 Å². The summed E-state index contributed by atoms with van der Waals surface area (Å²) in [6.45, 7) is 60.8. The van der Waals surface area contributed by atoms with Crippen LogP contribution in [0, 0.1) is 50.7 Å². The first-order chi connectivity index (χ1) is 25.3. The zero-order valence-corrected chi connectivity index (χ0v) is 44.7. The molecule has 1 unspecified atom stereocenters. The SMILES string of the molecule is CC(C)(C)C1CCNC1=O.CCCC(C)(C)C.CCCC(C)(C)C.CCCC(C)(C)C.CCCC(C)(C)C.CCCCC(C)(C)C.Cc1nnc(CC(C)(C)C)o1. The molecular weight excluding hydrogens is 699 g/mol. The van der Waals surface area contributed by atoms with Gasteiger partial charge >= 0.3 is 0 Å². The number of amides is 1. The molecule has 5 heteroatoms. The summed E-state index contributed by atoms with van der Waals surface area (Å²) in [5.41, 5.74) is 3.11. The van der Waals surface area contributed by atoms with Crippen LogP contribution in [-0.2, 0) is 11.2 Å². The topological polar surface area (TPSA) is 68.0 Å². The molecule has 1 N–H and O–H groups in total. The van der Waals surface area contributed by atoms with Gasteiger partial charge in [0.1, 0.15) is 0 Å². The highest BCUT2D eigenvalue weighted by atomic mass is 16.4. The number of rotatable bonds is 7. The van der Waals surface area contributed by atoms with Crippen LogP contribution in [0.15, 0.2) is 4.42 Å². The van der Waals surface area contributed by atoms with Crippen molar-refractivity contribution in [2.45, 2.75) is 270 Å². The number of carbonyl (C=O) groups is 1. The molecule has 0 bridgehead atoms. The van der Waals surface area contributed by atoms with Crippen LogP contribution in [0.2, 0.25) is 0 Å². The molecule has 1 aromatic rings. The Balaban J connectivity index is -0.000000186. The first kappa shape index (κ1) is 64.7. The fourth-order valence-corrected chi connectivity index (χ4v) is 5.99. The summed E-state index contributed by atoms with van der Waals surface area (Å²) < 4.78 is 5.24. The molecule has 1 aliphatic heterocycles. The second-order valence-corrected chi connectivity index (χ2v) is 24.9. The second-order valence-electron chi connectivity index (χ2n) is 24.9. The molecule has 1 saturated heterocycles. The monoisotopic (exact) mass is 810 g/mol. The van der Waals surface area contributed by atoms with Crippen LogP contribution < -0.4 is 5.32 Å². The van der Waals surface area contributed by atoms with E-state index in [1.165, 1.54) is 70.6 Å². The smallest absolute Gasteiger partial charge is 0.223 e. The van der Waals surface area contributed by atoms with Crippen molar-refractivity contribution < 1.29 is 9.21 Å². The molecular formula is C52H111N3O2. The number of carbonyl (C=O) groups excluding carboxylic acids is 1. The minimum Gasteiger partial charge on any atom is -0.426 e. The van der Waals surface area contributed by atoms with Crippen LogP contribution in [0.25, 0.3) is 0 Å². The van der Waals surface area contributed by atoms with Gasteiger partial charge in [0, 0.05) is 25.8 Å². The highest BCUT2D eigenvalue weighted by molar-refractivity contribution is 5.81. The van der Waals surface area contributed by atoms with Gasteiger partial charge in [0.05, 0.1) is 0 Å². The van der Waals surface area contributed by atoms with E-state index in [0.717, 1.165) is 25.3 Å². The molecule has 1 fully saturated rings. The molecule has 1 amide bonds. The highest BCUT2D eigenvalue weighted by Crippen LogP contribution is 2.31. The lowest BCUT2D eigenvalue weighted by Gasteiger charge is -2.23. The third-order valence-corrected chi connectivity index (χ3v) is 8.62. The van der Waals surface area contributed by atoms with Gasteiger partial charge in [0.15, 0.2) is 0 Å². The van der Waals surface area contributed by atoms with Gasteiger partial charge in [-0.05, 0) is 76.4 Å². The quantitative estimate of drug-likeness (QED) is 0.298. The summed E-state index contributed by atoms with van der Waals surface area (Å²) in [7, 11) is 0. The van der Waals surface area contributed by atoms with Gasteiger partial charge < -0.3 is 9.73 Å². The van der Waals surface area contributed by atoms with E-state index in [9.17, 15) is 4.79 Å². The van der Waals surface area contributed by atoms with E-state index in [1.54, 1.807) is 6.92 Å². The number of aromatic nitrogens is 2. The van der Waals surface area contributed by atoms with E-state index in [0.29, 0.717) is 33.0 Å². The molecule has 1 aromatic heterocycles. The summed E-state index contributed by atoms with van der Waals surface area (Å²) in [4.78, 5) is 11.1. The Morgan fingerprint density at radius 3 is 0.965 bits per heavy atom. The Labute approximate surface area is 362 Å². The van der Waals surface area contributed by atoms with Gasteiger partial charge in [-0.1, -0.05) is 219 Å². The van der Waals surface area contributed by atoms with Crippen LogP contribution in [0.3, 0.4) is 0 Å². The van der Waals surface area contributed by atoms with Crippen molar-refractivity contribution in [2.24, 2.45) is 43.8 Å². The van der Waals surface area contributed by atoms with E-state index in [1.807, 2.05) is 0 Å². The van der Waals surface area contributed by atoms with E-state index in [-0.39, 0.29) is 22.7 Å². The van der Waals surface area contributed by atoms with Crippen LogP contribution >= 0.6 is 0 Å². The van der Waals surface area contributed by atoms with Crippen LogP contribution in [-0.4, -0.2) is 22.6 Å². The van der Waals surface area contributed by atoms with Gasteiger partial charge in [-0.2, -0.15) is 0 Å².